The number of hydrogen-bond donors (Lipinski definition) is 3. The van der Waals surface area contributed by atoms with Crippen molar-refractivity contribution >= 4 is 12.0 Å². The third kappa shape index (κ3) is 4.02. The lowest BCUT2D eigenvalue weighted by molar-refractivity contribution is -0.137. The smallest absolute Gasteiger partial charge is 0.417 e. The number of pyridine rings is 1. The van der Waals surface area contributed by atoms with Crippen molar-refractivity contribution in [1.82, 2.24) is 4.98 Å². The molecule has 0 aliphatic rings. The minimum atomic E-state index is -4.45. The molecule has 0 saturated carbocycles. The van der Waals surface area contributed by atoms with E-state index in [2.05, 4.69) is 15.5 Å². The van der Waals surface area contributed by atoms with Crippen LogP contribution >= 0.6 is 0 Å². The molecule has 23 heavy (non-hydrogen) atoms. The van der Waals surface area contributed by atoms with E-state index in [1.807, 2.05) is 0 Å². The van der Waals surface area contributed by atoms with Crippen LogP contribution in [0.15, 0.2) is 35.6 Å². The number of nitrogens with zero attached hydrogens (tertiary/aromatic N) is 2. The molecule has 0 aliphatic carbocycles. The fourth-order valence-electron chi connectivity index (χ4n) is 1.64. The Bertz CT molecular complexity index is 716. The number of nitrogens with one attached hydrogen (secondary N) is 1. The average Bonchev–Trinajstić information content (AvgIpc) is 2.50. The highest BCUT2D eigenvalue weighted by Crippen LogP contribution is 2.35. The topological polar surface area (TPSA) is 87.0 Å². The summed E-state index contributed by atoms with van der Waals surface area (Å²) < 4.78 is 42.0. The summed E-state index contributed by atoms with van der Waals surface area (Å²) >= 11 is 0. The molecule has 1 aromatic carbocycles. The number of phenols is 2. The van der Waals surface area contributed by atoms with Crippen molar-refractivity contribution < 1.29 is 28.1 Å². The van der Waals surface area contributed by atoms with Gasteiger partial charge in [0.15, 0.2) is 11.5 Å². The molecule has 0 aliphatic heterocycles. The molecule has 0 radical (unpaired) electrons. The van der Waals surface area contributed by atoms with Crippen molar-refractivity contribution in [2.45, 2.75) is 6.18 Å². The zero-order chi connectivity index (χ0) is 17.0. The maximum atomic E-state index is 12.4. The molecule has 0 saturated heterocycles. The first-order chi connectivity index (χ1) is 10.8. The normalized spacial score (nSPS) is 11.7. The lowest BCUT2D eigenvalue weighted by Gasteiger charge is -2.07. The Hall–Kier alpha value is -2.97. The quantitative estimate of drug-likeness (QED) is 0.456. The summed E-state index contributed by atoms with van der Waals surface area (Å²) in [5, 5.41) is 22.8. The molecule has 2 rings (SSSR count). The van der Waals surface area contributed by atoms with Crippen LogP contribution < -0.4 is 10.2 Å². The number of phenolic OH excluding ortho intramolecular Hbond substituents is 2. The number of alkyl halides is 3. The van der Waals surface area contributed by atoms with Gasteiger partial charge in [0.1, 0.15) is 5.82 Å². The molecule has 1 aromatic heterocycles. The summed E-state index contributed by atoms with van der Waals surface area (Å²) in [6, 6.07) is 4.67. The van der Waals surface area contributed by atoms with E-state index in [1.165, 1.54) is 25.5 Å². The summed E-state index contributed by atoms with van der Waals surface area (Å²) in [6.07, 6.45) is -2.48. The van der Waals surface area contributed by atoms with Crippen LogP contribution in [0, 0.1) is 0 Å². The van der Waals surface area contributed by atoms with E-state index in [9.17, 15) is 23.4 Å². The summed E-state index contributed by atoms with van der Waals surface area (Å²) in [5.74, 6) is -0.621. The minimum absolute atomic E-state index is 0.0547. The van der Waals surface area contributed by atoms with Crippen LogP contribution in [0.2, 0.25) is 0 Å². The van der Waals surface area contributed by atoms with Gasteiger partial charge in [0.2, 0.25) is 5.75 Å². The lowest BCUT2D eigenvalue weighted by Crippen LogP contribution is -2.05. The van der Waals surface area contributed by atoms with Crippen molar-refractivity contribution in [2.24, 2.45) is 5.10 Å². The van der Waals surface area contributed by atoms with Gasteiger partial charge in [0, 0.05) is 11.8 Å². The molecule has 6 nitrogen and oxygen atoms in total. The number of aromatic nitrogens is 1. The van der Waals surface area contributed by atoms with Gasteiger partial charge in [-0.05, 0) is 24.3 Å². The van der Waals surface area contributed by atoms with Crippen molar-refractivity contribution in [3.63, 3.8) is 0 Å². The Kier molecular flexibility index (Phi) is 4.58. The number of ether oxygens (including phenoxy) is 1. The highest BCUT2D eigenvalue weighted by Gasteiger charge is 2.30. The van der Waals surface area contributed by atoms with Crippen LogP contribution in [0.5, 0.6) is 17.2 Å². The molecule has 0 spiro atoms. The average molecular weight is 327 g/mol. The van der Waals surface area contributed by atoms with Crippen molar-refractivity contribution in [3.8, 4) is 17.2 Å². The number of hydrogen-bond acceptors (Lipinski definition) is 6. The number of aromatic hydroxyl groups is 2. The van der Waals surface area contributed by atoms with Crippen molar-refractivity contribution in [3.05, 3.63) is 41.6 Å². The van der Waals surface area contributed by atoms with E-state index < -0.39 is 23.2 Å². The van der Waals surface area contributed by atoms with Gasteiger partial charge >= 0.3 is 6.18 Å². The van der Waals surface area contributed by atoms with E-state index in [-0.39, 0.29) is 11.6 Å². The fraction of sp³-hybridized carbons (Fsp3) is 0.143. The maximum absolute atomic E-state index is 12.4. The van der Waals surface area contributed by atoms with E-state index >= 15 is 0 Å². The molecule has 0 unspecified atom stereocenters. The van der Waals surface area contributed by atoms with E-state index in [0.717, 1.165) is 12.1 Å². The van der Waals surface area contributed by atoms with Crippen LogP contribution in [0.3, 0.4) is 0 Å². The number of benzene rings is 1. The largest absolute Gasteiger partial charge is 0.504 e. The molecular weight excluding hydrogens is 315 g/mol. The Morgan fingerprint density at radius 1 is 1.26 bits per heavy atom. The maximum Gasteiger partial charge on any atom is 0.417 e. The van der Waals surface area contributed by atoms with Gasteiger partial charge in [-0.1, -0.05) is 0 Å². The van der Waals surface area contributed by atoms with Crippen LogP contribution in [0.25, 0.3) is 0 Å². The molecule has 0 amide bonds. The zero-order valence-electron chi connectivity index (χ0n) is 11.8. The second-order valence-corrected chi connectivity index (χ2v) is 4.39. The van der Waals surface area contributed by atoms with Gasteiger partial charge < -0.3 is 14.9 Å². The van der Waals surface area contributed by atoms with Gasteiger partial charge in [0.05, 0.1) is 18.9 Å². The van der Waals surface area contributed by atoms with Gasteiger partial charge in [0.25, 0.3) is 0 Å². The molecule has 9 heteroatoms. The summed E-state index contributed by atoms with van der Waals surface area (Å²) in [4.78, 5) is 3.58. The second-order valence-electron chi connectivity index (χ2n) is 4.39. The predicted octanol–water partition coefficient (Wildman–Crippen LogP) is 2.97. The monoisotopic (exact) mass is 327 g/mol. The van der Waals surface area contributed by atoms with Crippen LogP contribution in [0.1, 0.15) is 11.1 Å². The van der Waals surface area contributed by atoms with Crippen molar-refractivity contribution in [1.29, 1.82) is 0 Å². The summed E-state index contributed by atoms with van der Waals surface area (Å²) in [6.45, 7) is 0. The molecule has 0 fully saturated rings. The van der Waals surface area contributed by atoms with E-state index in [1.54, 1.807) is 0 Å². The first-order valence-electron chi connectivity index (χ1n) is 6.23. The molecular formula is C14H12F3N3O3. The Balaban J connectivity index is 2.09. The SMILES string of the molecule is COc1cc(/C=N/Nc2ccc(C(F)(F)F)cn2)cc(O)c1O. The van der Waals surface area contributed by atoms with E-state index in [4.69, 9.17) is 4.74 Å². The van der Waals surface area contributed by atoms with Gasteiger partial charge in [-0.3, -0.25) is 5.43 Å². The highest BCUT2D eigenvalue weighted by molar-refractivity contribution is 5.82. The molecule has 1 heterocycles. The lowest BCUT2D eigenvalue weighted by atomic mass is 10.2. The number of halogens is 3. The third-order valence-corrected chi connectivity index (χ3v) is 2.78. The first kappa shape index (κ1) is 16.4. The number of methoxy groups -OCH3 is 1. The Labute approximate surface area is 128 Å². The number of rotatable bonds is 4. The van der Waals surface area contributed by atoms with Crippen LogP contribution in [-0.4, -0.2) is 28.5 Å². The highest BCUT2D eigenvalue weighted by atomic mass is 19.4. The third-order valence-electron chi connectivity index (χ3n) is 2.78. The summed E-state index contributed by atoms with van der Waals surface area (Å²) in [7, 11) is 1.32. The van der Waals surface area contributed by atoms with Crippen LogP contribution in [-0.2, 0) is 6.18 Å². The second kappa shape index (κ2) is 6.42. The Morgan fingerprint density at radius 2 is 2.00 bits per heavy atom. The Morgan fingerprint density at radius 3 is 2.57 bits per heavy atom. The van der Waals surface area contributed by atoms with Gasteiger partial charge in [-0.2, -0.15) is 18.3 Å². The number of hydrazone groups is 1. The van der Waals surface area contributed by atoms with Gasteiger partial charge in [-0.25, -0.2) is 4.98 Å². The first-order valence-corrected chi connectivity index (χ1v) is 6.23. The fourth-order valence-corrected chi connectivity index (χ4v) is 1.64. The minimum Gasteiger partial charge on any atom is -0.504 e. The molecule has 122 valence electrons. The molecule has 0 atom stereocenters. The predicted molar refractivity (Wildman–Crippen MR) is 76.8 cm³/mol. The molecule has 3 N–H and O–H groups in total. The standard InChI is InChI=1S/C14H12F3N3O3/c1-23-11-5-8(4-10(21)13(11)22)6-19-20-12-3-2-9(7-18-12)14(15,16)17/h2-7,21-22H,1H3,(H,18,20)/b19-6+. The van der Waals surface area contributed by atoms with E-state index in [0.29, 0.717) is 11.8 Å². The number of anilines is 1. The molecule has 2 aromatic rings. The summed E-state index contributed by atoms with van der Waals surface area (Å²) in [5.41, 5.74) is 1.99. The van der Waals surface area contributed by atoms with Crippen LogP contribution in [0.4, 0.5) is 19.0 Å². The van der Waals surface area contributed by atoms with Crippen molar-refractivity contribution in [2.75, 3.05) is 12.5 Å². The van der Waals surface area contributed by atoms with Gasteiger partial charge in [-0.15, -0.1) is 0 Å². The molecule has 0 bridgehead atoms. The zero-order valence-corrected chi connectivity index (χ0v) is 11.8.